The van der Waals surface area contributed by atoms with E-state index >= 15 is 0 Å². The van der Waals surface area contributed by atoms with E-state index < -0.39 is 0 Å². The number of methoxy groups -OCH3 is 1. The number of hydrogen-bond acceptors (Lipinski definition) is 6. The van der Waals surface area contributed by atoms with E-state index in [2.05, 4.69) is 21.0 Å². The standard InChI is InChI=1S/C9H12N6O/c1-16-8-4-2-7(3-5-8)6-11-15-9(10)12-13-14-15/h2-5,11H,6H2,1H3,(H2,10,12,14). The molecule has 16 heavy (non-hydrogen) atoms. The van der Waals surface area contributed by atoms with Crippen LogP contribution in [0.5, 0.6) is 5.75 Å². The molecule has 0 bridgehead atoms. The van der Waals surface area contributed by atoms with Crippen molar-refractivity contribution >= 4 is 5.95 Å². The van der Waals surface area contributed by atoms with Crippen molar-refractivity contribution in [1.29, 1.82) is 0 Å². The molecule has 3 N–H and O–H groups in total. The largest absolute Gasteiger partial charge is 0.497 e. The van der Waals surface area contributed by atoms with Crippen LogP contribution in [0, 0.1) is 0 Å². The Balaban J connectivity index is 1.97. The van der Waals surface area contributed by atoms with Crippen molar-refractivity contribution in [3.63, 3.8) is 0 Å². The quantitative estimate of drug-likeness (QED) is 0.754. The third kappa shape index (κ3) is 2.19. The van der Waals surface area contributed by atoms with Crippen molar-refractivity contribution in [3.05, 3.63) is 29.8 Å². The van der Waals surface area contributed by atoms with Gasteiger partial charge in [-0.15, -0.1) is 4.79 Å². The number of benzene rings is 1. The summed E-state index contributed by atoms with van der Waals surface area (Å²) in [6.07, 6.45) is 0. The van der Waals surface area contributed by atoms with Gasteiger partial charge in [0.15, 0.2) is 0 Å². The summed E-state index contributed by atoms with van der Waals surface area (Å²) in [6, 6.07) is 7.68. The molecule has 0 aliphatic heterocycles. The number of rotatable bonds is 4. The molecule has 0 spiro atoms. The Hall–Kier alpha value is -2.31. The van der Waals surface area contributed by atoms with Gasteiger partial charge in [0.1, 0.15) is 5.75 Å². The summed E-state index contributed by atoms with van der Waals surface area (Å²) in [6.45, 7) is 0.583. The second kappa shape index (κ2) is 4.47. The zero-order valence-corrected chi connectivity index (χ0v) is 8.79. The lowest BCUT2D eigenvalue weighted by atomic mass is 10.2. The molecule has 1 aromatic carbocycles. The Labute approximate surface area is 92.2 Å². The summed E-state index contributed by atoms with van der Waals surface area (Å²) in [5.41, 5.74) is 9.54. The number of hydrogen-bond donors (Lipinski definition) is 2. The maximum Gasteiger partial charge on any atom is 0.260 e. The van der Waals surface area contributed by atoms with Gasteiger partial charge in [-0.2, -0.15) is 0 Å². The zero-order chi connectivity index (χ0) is 11.4. The van der Waals surface area contributed by atoms with E-state index in [0.717, 1.165) is 11.3 Å². The Morgan fingerprint density at radius 3 is 2.69 bits per heavy atom. The maximum atomic E-state index is 5.49. The van der Waals surface area contributed by atoms with Crippen LogP contribution in [-0.2, 0) is 6.54 Å². The summed E-state index contributed by atoms with van der Waals surface area (Å²) in [5.74, 6) is 1.05. The second-order valence-corrected chi connectivity index (χ2v) is 3.13. The SMILES string of the molecule is COc1ccc(CNn2nnnc2N)cc1. The molecule has 0 amide bonds. The molecule has 0 radical (unpaired) electrons. The van der Waals surface area contributed by atoms with E-state index in [9.17, 15) is 0 Å². The molecule has 7 heteroatoms. The van der Waals surface area contributed by atoms with Crippen molar-refractivity contribution in [3.8, 4) is 5.75 Å². The smallest absolute Gasteiger partial charge is 0.260 e. The predicted molar refractivity (Wildman–Crippen MR) is 58.3 cm³/mol. The van der Waals surface area contributed by atoms with Crippen LogP contribution in [0.4, 0.5) is 5.95 Å². The number of nitrogens with zero attached hydrogens (tertiary/aromatic N) is 4. The van der Waals surface area contributed by atoms with Crippen LogP contribution in [0.25, 0.3) is 0 Å². The highest BCUT2D eigenvalue weighted by Crippen LogP contribution is 2.11. The Kier molecular flexibility index (Phi) is 2.86. The van der Waals surface area contributed by atoms with Crippen molar-refractivity contribution in [1.82, 2.24) is 20.3 Å². The Bertz CT molecular complexity index is 451. The van der Waals surface area contributed by atoms with Gasteiger partial charge in [-0.05, 0) is 28.1 Å². The molecule has 0 saturated carbocycles. The van der Waals surface area contributed by atoms with E-state index in [0.29, 0.717) is 6.54 Å². The Morgan fingerprint density at radius 1 is 1.38 bits per heavy atom. The van der Waals surface area contributed by atoms with E-state index in [1.807, 2.05) is 24.3 Å². The molecule has 1 heterocycles. The molecular formula is C9H12N6O. The molecule has 0 unspecified atom stereocenters. The molecule has 0 fully saturated rings. The van der Waals surface area contributed by atoms with Crippen LogP contribution in [0.15, 0.2) is 24.3 Å². The first-order valence-corrected chi connectivity index (χ1v) is 4.70. The van der Waals surface area contributed by atoms with E-state index in [1.54, 1.807) is 7.11 Å². The summed E-state index contributed by atoms with van der Waals surface area (Å²) in [5, 5.41) is 10.6. The Morgan fingerprint density at radius 2 is 2.12 bits per heavy atom. The lowest BCUT2D eigenvalue weighted by Gasteiger charge is -2.06. The number of tetrazole rings is 1. The molecule has 2 rings (SSSR count). The number of nitrogens with two attached hydrogens (primary N) is 1. The highest BCUT2D eigenvalue weighted by molar-refractivity contribution is 5.27. The van der Waals surface area contributed by atoms with Gasteiger partial charge >= 0.3 is 0 Å². The first kappa shape index (κ1) is 10.2. The van der Waals surface area contributed by atoms with E-state index in [-0.39, 0.29) is 5.95 Å². The van der Waals surface area contributed by atoms with Gasteiger partial charge in [-0.1, -0.05) is 17.2 Å². The molecule has 0 atom stereocenters. The molecule has 7 nitrogen and oxygen atoms in total. The van der Waals surface area contributed by atoms with Gasteiger partial charge < -0.3 is 15.9 Å². The zero-order valence-electron chi connectivity index (χ0n) is 8.79. The van der Waals surface area contributed by atoms with Crippen LogP contribution in [0.3, 0.4) is 0 Å². The van der Waals surface area contributed by atoms with Crippen LogP contribution < -0.4 is 15.9 Å². The molecule has 1 aromatic heterocycles. The third-order valence-corrected chi connectivity index (χ3v) is 2.09. The number of aromatic nitrogens is 4. The maximum absolute atomic E-state index is 5.49. The summed E-state index contributed by atoms with van der Waals surface area (Å²) >= 11 is 0. The summed E-state index contributed by atoms with van der Waals surface area (Å²) in [4.78, 5) is 1.32. The van der Waals surface area contributed by atoms with Crippen molar-refractivity contribution < 1.29 is 4.74 Å². The average Bonchev–Trinajstić information content (AvgIpc) is 2.73. The number of anilines is 1. The third-order valence-electron chi connectivity index (χ3n) is 2.09. The lowest BCUT2D eigenvalue weighted by Crippen LogP contribution is -2.18. The minimum absolute atomic E-state index is 0.230. The predicted octanol–water partition coefficient (Wildman–Crippen LogP) is 0.00760. The second-order valence-electron chi connectivity index (χ2n) is 3.13. The highest BCUT2D eigenvalue weighted by Gasteiger charge is 1.99. The van der Waals surface area contributed by atoms with Crippen LogP contribution in [-0.4, -0.2) is 27.4 Å². The molecular weight excluding hydrogens is 208 g/mol. The van der Waals surface area contributed by atoms with Crippen molar-refractivity contribution in [2.45, 2.75) is 6.54 Å². The van der Waals surface area contributed by atoms with E-state index in [1.165, 1.54) is 4.79 Å². The van der Waals surface area contributed by atoms with Gasteiger partial charge in [0, 0.05) is 0 Å². The van der Waals surface area contributed by atoms with Crippen molar-refractivity contribution in [2.75, 3.05) is 18.3 Å². The normalized spacial score (nSPS) is 10.1. The first-order chi connectivity index (χ1) is 7.79. The van der Waals surface area contributed by atoms with Crippen LogP contribution >= 0.6 is 0 Å². The molecule has 0 aliphatic rings. The minimum atomic E-state index is 0.230. The van der Waals surface area contributed by atoms with Gasteiger partial charge in [-0.3, -0.25) is 0 Å². The van der Waals surface area contributed by atoms with E-state index in [4.69, 9.17) is 10.5 Å². The number of ether oxygens (including phenoxy) is 1. The molecule has 0 saturated heterocycles. The monoisotopic (exact) mass is 220 g/mol. The first-order valence-electron chi connectivity index (χ1n) is 4.70. The fraction of sp³-hybridized carbons (Fsp3) is 0.222. The molecule has 2 aromatic rings. The van der Waals surface area contributed by atoms with Gasteiger partial charge in [0.25, 0.3) is 5.95 Å². The lowest BCUT2D eigenvalue weighted by molar-refractivity contribution is 0.414. The van der Waals surface area contributed by atoms with Gasteiger partial charge in [0.05, 0.1) is 13.7 Å². The van der Waals surface area contributed by atoms with Crippen molar-refractivity contribution in [2.24, 2.45) is 0 Å². The average molecular weight is 220 g/mol. The summed E-state index contributed by atoms with van der Waals surface area (Å²) < 4.78 is 5.06. The number of nitrogens with one attached hydrogen (secondary N) is 1. The number of nitrogen functional groups attached to an aromatic ring is 1. The van der Waals surface area contributed by atoms with Gasteiger partial charge in [-0.25, -0.2) is 0 Å². The van der Waals surface area contributed by atoms with Gasteiger partial charge in [0.2, 0.25) is 0 Å². The molecule has 0 aliphatic carbocycles. The molecule has 84 valence electrons. The minimum Gasteiger partial charge on any atom is -0.497 e. The fourth-order valence-corrected chi connectivity index (χ4v) is 1.22. The van der Waals surface area contributed by atoms with Crippen LogP contribution in [0.2, 0.25) is 0 Å². The highest BCUT2D eigenvalue weighted by atomic mass is 16.5. The fourth-order valence-electron chi connectivity index (χ4n) is 1.22. The summed E-state index contributed by atoms with van der Waals surface area (Å²) in [7, 11) is 1.63. The van der Waals surface area contributed by atoms with Crippen LogP contribution in [0.1, 0.15) is 5.56 Å². The topological polar surface area (TPSA) is 90.9 Å².